The molecule has 0 bridgehead atoms. The molecule has 0 saturated carbocycles. The van der Waals surface area contributed by atoms with E-state index in [1.54, 1.807) is 50.7 Å². The zero-order valence-corrected chi connectivity index (χ0v) is 18.8. The Hall–Kier alpha value is -3.72. The molecule has 4 rings (SSSR count). The molecule has 0 radical (unpaired) electrons. The molecular weight excluding hydrogens is 430 g/mol. The van der Waals surface area contributed by atoms with Gasteiger partial charge in [-0.2, -0.15) is 0 Å². The third-order valence-electron chi connectivity index (χ3n) is 5.17. The van der Waals surface area contributed by atoms with Crippen LogP contribution in [-0.4, -0.2) is 36.8 Å². The summed E-state index contributed by atoms with van der Waals surface area (Å²) in [4.78, 5) is 35.3. The minimum atomic E-state index is -0.765. The highest BCUT2D eigenvalue weighted by atomic mass is 32.1. The van der Waals surface area contributed by atoms with Crippen LogP contribution in [0.4, 0.5) is 0 Å². The van der Waals surface area contributed by atoms with Gasteiger partial charge in [-0.25, -0.2) is 9.79 Å². The largest absolute Gasteiger partial charge is 0.497 e. The fourth-order valence-electron chi connectivity index (χ4n) is 3.64. The number of pyridine rings is 1. The number of esters is 1. The van der Waals surface area contributed by atoms with Crippen molar-refractivity contribution in [1.29, 1.82) is 0 Å². The third kappa shape index (κ3) is 3.71. The Bertz CT molecular complexity index is 1390. The number of rotatable bonds is 5. The Balaban J connectivity index is 2.01. The molecule has 3 aromatic rings. The Morgan fingerprint density at radius 1 is 1.12 bits per heavy atom. The second-order valence-corrected chi connectivity index (χ2v) is 7.97. The topological polar surface area (TPSA) is 92.0 Å². The van der Waals surface area contributed by atoms with E-state index < -0.39 is 12.0 Å². The number of fused-ring (bicyclic) bond motifs is 1. The van der Waals surface area contributed by atoms with Crippen molar-refractivity contribution >= 4 is 23.4 Å². The molecule has 1 atom stereocenters. The van der Waals surface area contributed by atoms with Crippen molar-refractivity contribution < 1.29 is 19.0 Å². The van der Waals surface area contributed by atoms with Gasteiger partial charge in [0.05, 0.1) is 37.1 Å². The van der Waals surface area contributed by atoms with Crippen molar-refractivity contribution in [3.8, 4) is 11.5 Å². The SMILES string of the molecule is COC(=O)C1=C(C)N=c2s/c(=C/c3ccncc3)c(=O)n2C1c1ccc(OC)cc1OC. The van der Waals surface area contributed by atoms with Crippen molar-refractivity contribution in [3.63, 3.8) is 0 Å². The molecule has 0 aliphatic carbocycles. The van der Waals surface area contributed by atoms with E-state index >= 15 is 0 Å². The molecule has 1 unspecified atom stereocenters. The van der Waals surface area contributed by atoms with E-state index in [2.05, 4.69) is 9.98 Å². The predicted octanol–water partition coefficient (Wildman–Crippen LogP) is 1.82. The number of hydrogen-bond acceptors (Lipinski definition) is 8. The number of thiazole rings is 1. The maximum atomic E-state index is 13.5. The van der Waals surface area contributed by atoms with Gasteiger partial charge in [0, 0.05) is 24.0 Å². The summed E-state index contributed by atoms with van der Waals surface area (Å²) in [5.74, 6) is 0.516. The fraction of sp³-hybridized carbons (Fsp3) is 0.217. The molecule has 3 heterocycles. The fourth-order valence-corrected chi connectivity index (χ4v) is 4.69. The van der Waals surface area contributed by atoms with E-state index in [1.165, 1.54) is 30.1 Å². The minimum Gasteiger partial charge on any atom is -0.497 e. The first kappa shape index (κ1) is 21.5. The summed E-state index contributed by atoms with van der Waals surface area (Å²) in [6.07, 6.45) is 5.10. The predicted molar refractivity (Wildman–Crippen MR) is 120 cm³/mol. The van der Waals surface area contributed by atoms with Crippen molar-refractivity contribution in [1.82, 2.24) is 9.55 Å². The van der Waals surface area contributed by atoms with Crippen LogP contribution in [0, 0.1) is 0 Å². The molecule has 0 amide bonds. The van der Waals surface area contributed by atoms with Crippen LogP contribution in [0.1, 0.15) is 24.1 Å². The number of carbonyl (C=O) groups is 1. The van der Waals surface area contributed by atoms with Gasteiger partial charge in [-0.05, 0) is 42.8 Å². The number of ether oxygens (including phenoxy) is 3. The van der Waals surface area contributed by atoms with Gasteiger partial charge in [0.1, 0.15) is 17.5 Å². The minimum absolute atomic E-state index is 0.262. The maximum Gasteiger partial charge on any atom is 0.338 e. The van der Waals surface area contributed by atoms with Gasteiger partial charge in [-0.3, -0.25) is 14.3 Å². The van der Waals surface area contributed by atoms with Gasteiger partial charge >= 0.3 is 5.97 Å². The first-order valence-corrected chi connectivity index (χ1v) is 10.5. The molecule has 1 aliphatic rings. The van der Waals surface area contributed by atoms with Gasteiger partial charge in [0.2, 0.25) is 0 Å². The van der Waals surface area contributed by atoms with Gasteiger partial charge in [-0.15, -0.1) is 0 Å². The van der Waals surface area contributed by atoms with E-state index in [0.717, 1.165) is 5.56 Å². The molecule has 0 N–H and O–H groups in total. The second kappa shape index (κ2) is 8.80. The summed E-state index contributed by atoms with van der Waals surface area (Å²) in [5.41, 5.74) is 1.96. The van der Waals surface area contributed by atoms with Gasteiger partial charge in [-0.1, -0.05) is 11.3 Å². The quantitative estimate of drug-likeness (QED) is 0.550. The van der Waals surface area contributed by atoms with E-state index in [-0.39, 0.29) is 11.1 Å². The van der Waals surface area contributed by atoms with Crippen LogP contribution in [-0.2, 0) is 9.53 Å². The summed E-state index contributed by atoms with van der Waals surface area (Å²) in [6, 6.07) is 8.12. The lowest BCUT2D eigenvalue weighted by atomic mass is 9.95. The third-order valence-corrected chi connectivity index (χ3v) is 6.15. The first-order valence-electron chi connectivity index (χ1n) is 9.71. The molecule has 9 heteroatoms. The van der Waals surface area contributed by atoms with Crippen molar-refractivity contribution in [2.24, 2.45) is 4.99 Å². The normalized spacial score (nSPS) is 15.8. The van der Waals surface area contributed by atoms with E-state index in [0.29, 0.717) is 32.1 Å². The number of nitrogens with zero attached hydrogens (tertiary/aromatic N) is 3. The standard InChI is InChI=1S/C23H21N3O5S/c1-13-19(22(28)31-4)20(16-6-5-15(29-2)12-17(16)30-3)26-21(27)18(32-23(26)25-13)11-14-7-9-24-10-8-14/h5-12,20H,1-4H3/b18-11+. The summed E-state index contributed by atoms with van der Waals surface area (Å²) in [6.45, 7) is 1.73. The molecule has 32 heavy (non-hydrogen) atoms. The van der Waals surface area contributed by atoms with Crippen molar-refractivity contribution in [2.75, 3.05) is 21.3 Å². The lowest BCUT2D eigenvalue weighted by molar-refractivity contribution is -0.136. The van der Waals surface area contributed by atoms with Crippen LogP contribution in [0.2, 0.25) is 0 Å². The average Bonchev–Trinajstić information content (AvgIpc) is 3.12. The lowest BCUT2D eigenvalue weighted by Gasteiger charge is -2.25. The summed E-state index contributed by atoms with van der Waals surface area (Å²) >= 11 is 1.26. The van der Waals surface area contributed by atoms with Gasteiger partial charge in [0.15, 0.2) is 4.80 Å². The van der Waals surface area contributed by atoms with Crippen molar-refractivity contribution in [2.45, 2.75) is 13.0 Å². The van der Waals surface area contributed by atoms with Crippen LogP contribution < -0.4 is 24.4 Å². The number of hydrogen-bond donors (Lipinski definition) is 0. The Labute approximate surface area is 187 Å². The number of carbonyl (C=O) groups excluding carboxylic acids is 1. The van der Waals surface area contributed by atoms with Crippen molar-refractivity contribution in [3.05, 3.63) is 84.8 Å². The molecular formula is C23H21N3O5S. The zero-order valence-electron chi connectivity index (χ0n) is 18.0. The molecule has 0 spiro atoms. The summed E-state index contributed by atoms with van der Waals surface area (Å²) in [5, 5.41) is 0. The van der Waals surface area contributed by atoms with Crippen LogP contribution in [0.25, 0.3) is 6.08 Å². The molecule has 164 valence electrons. The van der Waals surface area contributed by atoms with Gasteiger partial charge < -0.3 is 14.2 Å². The number of aromatic nitrogens is 2. The monoisotopic (exact) mass is 451 g/mol. The van der Waals surface area contributed by atoms with Gasteiger partial charge in [0.25, 0.3) is 5.56 Å². The lowest BCUT2D eigenvalue weighted by Crippen LogP contribution is -2.40. The number of allylic oxidation sites excluding steroid dienone is 1. The van der Waals surface area contributed by atoms with E-state index in [9.17, 15) is 9.59 Å². The first-order chi connectivity index (χ1) is 15.5. The highest BCUT2D eigenvalue weighted by molar-refractivity contribution is 7.07. The van der Waals surface area contributed by atoms with Crippen LogP contribution >= 0.6 is 11.3 Å². The summed E-state index contributed by atoms with van der Waals surface area (Å²) in [7, 11) is 4.39. The Morgan fingerprint density at radius 3 is 2.53 bits per heavy atom. The second-order valence-electron chi connectivity index (χ2n) is 6.96. The highest BCUT2D eigenvalue weighted by Crippen LogP contribution is 2.37. The van der Waals surface area contributed by atoms with E-state index in [4.69, 9.17) is 14.2 Å². The van der Waals surface area contributed by atoms with Crippen LogP contribution in [0.5, 0.6) is 11.5 Å². The number of methoxy groups -OCH3 is 3. The Morgan fingerprint density at radius 2 is 1.88 bits per heavy atom. The summed E-state index contributed by atoms with van der Waals surface area (Å²) < 4.78 is 17.9. The van der Waals surface area contributed by atoms with Crippen LogP contribution in [0.3, 0.4) is 0 Å². The molecule has 0 saturated heterocycles. The molecule has 2 aromatic heterocycles. The van der Waals surface area contributed by atoms with E-state index in [1.807, 2.05) is 12.1 Å². The molecule has 1 aliphatic heterocycles. The maximum absolute atomic E-state index is 13.5. The van der Waals surface area contributed by atoms with Crippen LogP contribution in [0.15, 0.2) is 63.8 Å². The highest BCUT2D eigenvalue weighted by Gasteiger charge is 2.35. The average molecular weight is 452 g/mol. The molecule has 0 fully saturated rings. The molecule has 1 aromatic carbocycles. The number of benzene rings is 1. The Kier molecular flexibility index (Phi) is 5.91. The molecule has 8 nitrogen and oxygen atoms in total. The zero-order chi connectivity index (χ0) is 22.8. The smallest absolute Gasteiger partial charge is 0.338 e.